The maximum Gasteiger partial charge on any atom is 0.329 e. The van der Waals surface area contributed by atoms with Gasteiger partial charge in [0.2, 0.25) is 4.96 Å². The molecule has 0 aliphatic rings. The van der Waals surface area contributed by atoms with Gasteiger partial charge in [0.05, 0.1) is 11.4 Å². The Morgan fingerprint density at radius 1 is 1.30 bits per heavy atom. The monoisotopic (exact) mass is 352 g/mol. The molecule has 11 heteroatoms. The fourth-order valence-electron chi connectivity index (χ4n) is 1.76. The second-order valence-corrected chi connectivity index (χ2v) is 7.38. The molecular formula is C12H12N6O3S2. The van der Waals surface area contributed by atoms with Gasteiger partial charge in [0, 0.05) is 0 Å². The summed E-state index contributed by atoms with van der Waals surface area (Å²) >= 11 is 1.25. The highest BCUT2D eigenvalue weighted by molar-refractivity contribution is 7.90. The molecule has 3 aromatic rings. The highest BCUT2D eigenvalue weighted by atomic mass is 32.2. The summed E-state index contributed by atoms with van der Waals surface area (Å²) in [5.74, 6) is 0. The number of aromatic nitrogens is 4. The Bertz CT molecular complexity index is 916. The first-order chi connectivity index (χ1) is 10.9. The molecule has 0 radical (unpaired) electrons. The lowest BCUT2D eigenvalue weighted by Crippen LogP contribution is -2.39. The Balaban J connectivity index is 1.62. The predicted molar refractivity (Wildman–Crippen MR) is 82.4 cm³/mol. The number of nitrogens with zero attached hydrogens (tertiary/aromatic N) is 4. The molecule has 2 heterocycles. The van der Waals surface area contributed by atoms with Gasteiger partial charge in [0.15, 0.2) is 0 Å². The molecule has 120 valence electrons. The van der Waals surface area contributed by atoms with Crippen LogP contribution >= 0.6 is 11.3 Å². The second-order valence-electron chi connectivity index (χ2n) is 4.66. The molecule has 9 nitrogen and oxygen atoms in total. The molecule has 2 N–H and O–H groups in total. The zero-order valence-corrected chi connectivity index (χ0v) is 13.6. The quantitative estimate of drug-likeness (QED) is 0.713. The molecular weight excluding hydrogens is 340 g/mol. The summed E-state index contributed by atoms with van der Waals surface area (Å²) in [7, 11) is -3.90. The number of fused-ring (bicyclic) bond motifs is 1. The van der Waals surface area contributed by atoms with Gasteiger partial charge in [-0.15, -0.1) is 10.2 Å². The molecule has 1 aromatic carbocycles. The van der Waals surface area contributed by atoms with E-state index in [9.17, 15) is 13.2 Å². The van der Waals surface area contributed by atoms with Crippen LogP contribution in [-0.4, -0.2) is 34.3 Å². The molecule has 0 unspecified atom stereocenters. The second kappa shape index (κ2) is 5.93. The van der Waals surface area contributed by atoms with Crippen LogP contribution in [0.1, 0.15) is 10.6 Å². The van der Waals surface area contributed by atoms with E-state index >= 15 is 0 Å². The summed E-state index contributed by atoms with van der Waals surface area (Å²) in [6.07, 6.45) is 1.44. The van der Waals surface area contributed by atoms with Crippen molar-refractivity contribution in [1.82, 2.24) is 29.9 Å². The molecule has 0 aliphatic heterocycles. The summed E-state index contributed by atoms with van der Waals surface area (Å²) in [4.78, 5) is 12.4. The van der Waals surface area contributed by atoms with Gasteiger partial charge >= 0.3 is 6.03 Å². The van der Waals surface area contributed by atoms with Crippen molar-refractivity contribution in [2.24, 2.45) is 0 Å². The van der Waals surface area contributed by atoms with Crippen LogP contribution in [0, 0.1) is 6.92 Å². The van der Waals surface area contributed by atoms with Crippen molar-refractivity contribution in [1.29, 1.82) is 0 Å². The van der Waals surface area contributed by atoms with Crippen LogP contribution in [0.2, 0.25) is 0 Å². The van der Waals surface area contributed by atoms with Gasteiger partial charge in [-0.2, -0.15) is 9.61 Å². The average molecular weight is 352 g/mol. The molecule has 2 aromatic heterocycles. The Labute approximate surface area is 135 Å². The maximum atomic E-state index is 12.1. The minimum atomic E-state index is -3.90. The molecule has 0 atom stereocenters. The van der Waals surface area contributed by atoms with Crippen LogP contribution in [0.4, 0.5) is 4.79 Å². The summed E-state index contributed by atoms with van der Waals surface area (Å²) in [5, 5.41) is 14.6. The number of carbonyl (C=O) groups is 1. The van der Waals surface area contributed by atoms with Crippen molar-refractivity contribution < 1.29 is 13.2 Å². The first-order valence-corrected chi connectivity index (χ1v) is 8.77. The first-order valence-electron chi connectivity index (χ1n) is 6.47. The molecule has 0 saturated heterocycles. The summed E-state index contributed by atoms with van der Waals surface area (Å²) in [6.45, 7) is 1.93. The highest BCUT2D eigenvalue weighted by Crippen LogP contribution is 2.11. The predicted octanol–water partition coefficient (Wildman–Crippen LogP) is 0.682. The normalized spacial score (nSPS) is 11.5. The van der Waals surface area contributed by atoms with Crippen molar-refractivity contribution >= 4 is 32.4 Å². The van der Waals surface area contributed by atoms with Crippen LogP contribution in [-0.2, 0) is 16.6 Å². The zero-order chi connectivity index (χ0) is 16.4. The largest absolute Gasteiger partial charge is 0.331 e. The maximum absolute atomic E-state index is 12.1. The van der Waals surface area contributed by atoms with E-state index in [2.05, 4.69) is 20.6 Å². The summed E-state index contributed by atoms with van der Waals surface area (Å²) < 4.78 is 27.5. The van der Waals surface area contributed by atoms with E-state index in [1.54, 1.807) is 12.1 Å². The smallest absolute Gasteiger partial charge is 0.329 e. The van der Waals surface area contributed by atoms with Crippen LogP contribution in [0.3, 0.4) is 0 Å². The molecule has 0 aliphatic carbocycles. The molecule has 2 amide bonds. The minimum Gasteiger partial charge on any atom is -0.331 e. The first kappa shape index (κ1) is 15.4. The van der Waals surface area contributed by atoms with Crippen molar-refractivity contribution in [2.75, 3.05) is 0 Å². The number of benzene rings is 1. The number of nitrogens with one attached hydrogen (secondary N) is 2. The lowest BCUT2D eigenvalue weighted by molar-refractivity contribution is 0.245. The molecule has 0 saturated carbocycles. The Kier molecular flexibility index (Phi) is 3.96. The lowest BCUT2D eigenvalue weighted by Gasteiger charge is -2.07. The number of urea groups is 1. The average Bonchev–Trinajstić information content (AvgIpc) is 3.06. The van der Waals surface area contributed by atoms with Crippen LogP contribution < -0.4 is 10.0 Å². The number of carbonyl (C=O) groups excluding carboxylic acids is 1. The summed E-state index contributed by atoms with van der Waals surface area (Å²) in [5.41, 5.74) is 0.927. The fraction of sp³-hybridized carbons (Fsp3) is 0.167. The molecule has 0 spiro atoms. The van der Waals surface area contributed by atoms with Gasteiger partial charge in [-0.05, 0) is 19.1 Å². The number of amides is 2. The standard InChI is InChI=1S/C12H12N6O3S2/c1-8-2-4-9(5-3-8)23(20,21)17-11(19)13-6-10-16-18-7-14-15-12(18)22-10/h2-5,7H,6H2,1H3,(H2,13,17,19). The Hall–Kier alpha value is -2.53. The van der Waals surface area contributed by atoms with Gasteiger partial charge in [0.25, 0.3) is 10.0 Å². The summed E-state index contributed by atoms with van der Waals surface area (Å²) in [6, 6.07) is 5.37. The highest BCUT2D eigenvalue weighted by Gasteiger charge is 2.17. The molecule has 0 fully saturated rings. The van der Waals surface area contributed by atoms with Crippen LogP contribution in [0.5, 0.6) is 0 Å². The van der Waals surface area contributed by atoms with Crippen LogP contribution in [0.25, 0.3) is 4.96 Å². The van der Waals surface area contributed by atoms with Crippen molar-refractivity contribution in [3.8, 4) is 0 Å². The number of rotatable bonds is 4. The fourth-order valence-corrected chi connectivity index (χ4v) is 3.44. The van der Waals surface area contributed by atoms with E-state index in [4.69, 9.17) is 0 Å². The van der Waals surface area contributed by atoms with Gasteiger partial charge in [0.1, 0.15) is 11.3 Å². The molecule has 0 bridgehead atoms. The lowest BCUT2D eigenvalue weighted by atomic mass is 10.2. The SMILES string of the molecule is Cc1ccc(S(=O)(=O)NC(=O)NCc2nn3cnnc3s2)cc1. The third-order valence-electron chi connectivity index (χ3n) is 2.89. The third-order valence-corrected chi connectivity index (χ3v) is 5.15. The van der Waals surface area contributed by atoms with E-state index in [-0.39, 0.29) is 11.4 Å². The third kappa shape index (κ3) is 3.46. The van der Waals surface area contributed by atoms with E-state index in [0.717, 1.165) is 5.56 Å². The van der Waals surface area contributed by atoms with E-state index in [0.29, 0.717) is 9.97 Å². The Morgan fingerprint density at radius 2 is 2.04 bits per heavy atom. The number of hydrogen-bond donors (Lipinski definition) is 2. The Morgan fingerprint density at radius 3 is 2.74 bits per heavy atom. The molecule has 23 heavy (non-hydrogen) atoms. The van der Waals surface area contributed by atoms with E-state index in [1.807, 2.05) is 11.6 Å². The number of aryl methyl sites for hydroxylation is 1. The number of hydrogen-bond acceptors (Lipinski definition) is 7. The van der Waals surface area contributed by atoms with Crippen molar-refractivity contribution in [3.63, 3.8) is 0 Å². The number of sulfonamides is 1. The van der Waals surface area contributed by atoms with Gasteiger partial charge in [-0.1, -0.05) is 29.0 Å². The van der Waals surface area contributed by atoms with E-state index < -0.39 is 16.1 Å². The van der Waals surface area contributed by atoms with Gasteiger partial charge in [-0.3, -0.25) is 0 Å². The minimum absolute atomic E-state index is 0.0250. The molecule has 3 rings (SSSR count). The zero-order valence-electron chi connectivity index (χ0n) is 11.9. The van der Waals surface area contributed by atoms with Crippen molar-refractivity contribution in [3.05, 3.63) is 41.2 Å². The van der Waals surface area contributed by atoms with Crippen LogP contribution in [0.15, 0.2) is 35.5 Å². The van der Waals surface area contributed by atoms with Crippen molar-refractivity contribution in [2.45, 2.75) is 18.4 Å². The van der Waals surface area contributed by atoms with E-state index in [1.165, 1.54) is 34.3 Å². The van der Waals surface area contributed by atoms with Gasteiger partial charge < -0.3 is 5.32 Å². The van der Waals surface area contributed by atoms with Gasteiger partial charge in [-0.25, -0.2) is 17.9 Å². The topological polar surface area (TPSA) is 118 Å².